The standard InChI is InChI=1S/C10H7NO3/c12-6-11-10(13)8-5-14-9-4-2-1-3-7(8)9/h1-4,8H,5H2. The number of carbonyl (C=O) groups is 1. The lowest BCUT2D eigenvalue weighted by molar-refractivity contribution is -0.119. The molecule has 0 saturated carbocycles. The molecule has 4 heteroatoms. The molecule has 0 fully saturated rings. The Bertz CT molecular complexity index is 421. The first-order chi connectivity index (χ1) is 6.83. The number of hydrogen-bond donors (Lipinski definition) is 0. The van der Waals surface area contributed by atoms with E-state index in [0.717, 1.165) is 5.56 Å². The molecule has 1 aromatic carbocycles. The highest BCUT2D eigenvalue weighted by Crippen LogP contribution is 2.33. The molecule has 1 aliphatic rings. The van der Waals surface area contributed by atoms with Crippen LogP contribution >= 0.6 is 0 Å². The third kappa shape index (κ3) is 1.32. The Labute approximate surface area is 80.2 Å². The van der Waals surface area contributed by atoms with Gasteiger partial charge in [0, 0.05) is 5.56 Å². The molecule has 0 bridgehead atoms. The third-order valence-electron chi connectivity index (χ3n) is 2.15. The van der Waals surface area contributed by atoms with Crippen LogP contribution in [0.4, 0.5) is 0 Å². The van der Waals surface area contributed by atoms with Gasteiger partial charge in [-0.25, -0.2) is 4.79 Å². The lowest BCUT2D eigenvalue weighted by Crippen LogP contribution is -2.11. The Kier molecular flexibility index (Phi) is 2.13. The van der Waals surface area contributed by atoms with Crippen LogP contribution in [0.25, 0.3) is 0 Å². The van der Waals surface area contributed by atoms with Crippen molar-refractivity contribution >= 4 is 12.0 Å². The van der Waals surface area contributed by atoms with Crippen LogP contribution in [-0.4, -0.2) is 18.6 Å². The molecule has 1 aliphatic heterocycles. The summed E-state index contributed by atoms with van der Waals surface area (Å²) in [6, 6.07) is 7.23. The molecule has 0 saturated heterocycles. The number of para-hydroxylation sites is 1. The first kappa shape index (κ1) is 8.66. The van der Waals surface area contributed by atoms with E-state index in [9.17, 15) is 9.59 Å². The van der Waals surface area contributed by atoms with E-state index in [0.29, 0.717) is 5.75 Å². The van der Waals surface area contributed by atoms with Gasteiger partial charge in [0.25, 0.3) is 5.91 Å². The molecule has 0 radical (unpaired) electrons. The minimum absolute atomic E-state index is 0.253. The summed E-state index contributed by atoms with van der Waals surface area (Å²) in [5.41, 5.74) is 0.788. The van der Waals surface area contributed by atoms with Gasteiger partial charge in [0.2, 0.25) is 6.08 Å². The Hall–Kier alpha value is -1.93. The molecule has 0 spiro atoms. The Balaban J connectivity index is 2.34. The number of rotatable bonds is 1. The fourth-order valence-corrected chi connectivity index (χ4v) is 1.49. The molecule has 0 N–H and O–H groups in total. The molecule has 70 valence electrons. The normalized spacial score (nSPS) is 17.9. The summed E-state index contributed by atoms with van der Waals surface area (Å²) in [4.78, 5) is 24.3. The average Bonchev–Trinajstić information content (AvgIpc) is 2.61. The largest absolute Gasteiger partial charge is 0.492 e. The second kappa shape index (κ2) is 3.44. The van der Waals surface area contributed by atoms with Crippen LogP contribution in [0.1, 0.15) is 11.5 Å². The molecule has 4 nitrogen and oxygen atoms in total. The molecule has 0 aromatic heterocycles. The monoisotopic (exact) mass is 189 g/mol. The van der Waals surface area contributed by atoms with E-state index in [1.54, 1.807) is 12.1 Å². The quantitative estimate of drug-likeness (QED) is 0.489. The summed E-state index contributed by atoms with van der Waals surface area (Å²) in [5, 5.41) is 0. The van der Waals surface area contributed by atoms with Crippen molar-refractivity contribution in [3.05, 3.63) is 29.8 Å². The Morgan fingerprint density at radius 1 is 1.50 bits per heavy atom. The predicted molar refractivity (Wildman–Crippen MR) is 47.8 cm³/mol. The summed E-state index contributed by atoms with van der Waals surface area (Å²) < 4.78 is 5.27. The van der Waals surface area contributed by atoms with E-state index in [-0.39, 0.29) is 6.61 Å². The van der Waals surface area contributed by atoms with Crippen LogP contribution in [-0.2, 0) is 9.59 Å². The summed E-state index contributed by atoms with van der Waals surface area (Å²) in [6.45, 7) is 0.253. The van der Waals surface area contributed by atoms with Crippen molar-refractivity contribution in [1.82, 2.24) is 0 Å². The van der Waals surface area contributed by atoms with Crippen molar-refractivity contribution in [2.75, 3.05) is 6.61 Å². The zero-order valence-electron chi connectivity index (χ0n) is 7.27. The third-order valence-corrected chi connectivity index (χ3v) is 2.15. The zero-order valence-corrected chi connectivity index (χ0v) is 7.27. The molecule has 14 heavy (non-hydrogen) atoms. The number of ether oxygens (including phenoxy) is 1. The Morgan fingerprint density at radius 3 is 3.07 bits per heavy atom. The van der Waals surface area contributed by atoms with Gasteiger partial charge in [-0.15, -0.1) is 4.99 Å². The molecule has 1 aromatic rings. The van der Waals surface area contributed by atoms with Crippen LogP contribution in [0.15, 0.2) is 29.3 Å². The number of aliphatic imine (C=N–C) groups is 1. The summed E-state index contributed by atoms with van der Waals surface area (Å²) in [7, 11) is 0. The van der Waals surface area contributed by atoms with Crippen molar-refractivity contribution in [3.63, 3.8) is 0 Å². The maximum Gasteiger partial charge on any atom is 0.267 e. The molecule has 1 amide bonds. The van der Waals surface area contributed by atoms with Crippen molar-refractivity contribution in [1.29, 1.82) is 0 Å². The minimum Gasteiger partial charge on any atom is -0.492 e. The number of carbonyl (C=O) groups excluding carboxylic acids is 2. The number of isocyanates is 1. The van der Waals surface area contributed by atoms with E-state index < -0.39 is 11.8 Å². The minimum atomic E-state index is -0.495. The van der Waals surface area contributed by atoms with E-state index in [4.69, 9.17) is 4.74 Å². The van der Waals surface area contributed by atoms with Gasteiger partial charge in [0.1, 0.15) is 18.3 Å². The maximum atomic E-state index is 11.3. The van der Waals surface area contributed by atoms with Crippen LogP contribution in [0.5, 0.6) is 5.75 Å². The van der Waals surface area contributed by atoms with Gasteiger partial charge in [0.05, 0.1) is 0 Å². The molecule has 1 atom stereocenters. The lowest BCUT2D eigenvalue weighted by atomic mass is 10.0. The molecular weight excluding hydrogens is 182 g/mol. The maximum absolute atomic E-state index is 11.3. The van der Waals surface area contributed by atoms with Crippen molar-refractivity contribution in [2.24, 2.45) is 4.99 Å². The fraction of sp³-hybridized carbons (Fsp3) is 0.200. The number of benzene rings is 1. The SMILES string of the molecule is O=C=NC(=O)C1COc2ccccc21. The van der Waals surface area contributed by atoms with E-state index in [2.05, 4.69) is 4.99 Å². The number of amides is 1. The molecule has 1 heterocycles. The van der Waals surface area contributed by atoms with Crippen LogP contribution in [0.3, 0.4) is 0 Å². The molecular formula is C10H7NO3. The van der Waals surface area contributed by atoms with Crippen molar-refractivity contribution < 1.29 is 14.3 Å². The van der Waals surface area contributed by atoms with Gasteiger partial charge >= 0.3 is 0 Å². The van der Waals surface area contributed by atoms with Gasteiger partial charge in [-0.1, -0.05) is 18.2 Å². The van der Waals surface area contributed by atoms with Crippen LogP contribution in [0, 0.1) is 0 Å². The van der Waals surface area contributed by atoms with Gasteiger partial charge in [0.15, 0.2) is 0 Å². The van der Waals surface area contributed by atoms with E-state index >= 15 is 0 Å². The van der Waals surface area contributed by atoms with Crippen molar-refractivity contribution in [3.8, 4) is 5.75 Å². The summed E-state index contributed by atoms with van der Waals surface area (Å²) in [6.07, 6.45) is 1.25. The van der Waals surface area contributed by atoms with Gasteiger partial charge in [-0.2, -0.15) is 0 Å². The fourth-order valence-electron chi connectivity index (χ4n) is 1.49. The van der Waals surface area contributed by atoms with Crippen LogP contribution in [0.2, 0.25) is 0 Å². The van der Waals surface area contributed by atoms with Crippen LogP contribution < -0.4 is 4.74 Å². The number of nitrogens with zero attached hydrogens (tertiary/aromatic N) is 1. The van der Waals surface area contributed by atoms with Gasteiger partial charge < -0.3 is 4.74 Å². The van der Waals surface area contributed by atoms with Gasteiger partial charge in [-0.3, -0.25) is 4.79 Å². The molecule has 2 rings (SSSR count). The van der Waals surface area contributed by atoms with E-state index in [1.165, 1.54) is 6.08 Å². The highest BCUT2D eigenvalue weighted by Gasteiger charge is 2.29. The van der Waals surface area contributed by atoms with Crippen molar-refractivity contribution in [2.45, 2.75) is 5.92 Å². The summed E-state index contributed by atoms with van der Waals surface area (Å²) >= 11 is 0. The zero-order chi connectivity index (χ0) is 9.97. The average molecular weight is 189 g/mol. The molecule has 1 unspecified atom stereocenters. The summed E-state index contributed by atoms with van der Waals surface area (Å²) in [5.74, 6) is -0.260. The second-order valence-corrected chi connectivity index (χ2v) is 2.94. The Morgan fingerprint density at radius 2 is 2.29 bits per heavy atom. The number of fused-ring (bicyclic) bond motifs is 1. The highest BCUT2D eigenvalue weighted by atomic mass is 16.5. The lowest BCUT2D eigenvalue weighted by Gasteiger charge is -2.00. The smallest absolute Gasteiger partial charge is 0.267 e. The first-order valence-electron chi connectivity index (χ1n) is 4.16. The molecule has 0 aliphatic carbocycles. The highest BCUT2D eigenvalue weighted by molar-refractivity contribution is 5.89. The predicted octanol–water partition coefficient (Wildman–Crippen LogP) is 1.02. The topological polar surface area (TPSA) is 55.7 Å². The van der Waals surface area contributed by atoms with E-state index in [1.807, 2.05) is 12.1 Å². The first-order valence-corrected chi connectivity index (χ1v) is 4.16. The van der Waals surface area contributed by atoms with Gasteiger partial charge in [-0.05, 0) is 6.07 Å². The number of hydrogen-bond acceptors (Lipinski definition) is 3. The second-order valence-electron chi connectivity index (χ2n) is 2.94.